The first-order valence-electron chi connectivity index (χ1n) is 10.9. The molecule has 2 aromatic rings. The molecular formula is C23H40N4O2Si2. The number of hydrogen-bond donors (Lipinski definition) is 4. The van der Waals surface area contributed by atoms with Crippen molar-refractivity contribution in [2.45, 2.75) is 51.1 Å². The van der Waals surface area contributed by atoms with E-state index in [0.717, 1.165) is 25.9 Å². The maximum absolute atomic E-state index is 12.0. The van der Waals surface area contributed by atoms with Crippen molar-refractivity contribution in [2.24, 2.45) is 11.5 Å². The first-order chi connectivity index (χ1) is 14.5. The molecule has 0 spiro atoms. The second-order valence-electron chi connectivity index (χ2n) is 8.98. The Kier molecular flexibility index (Phi) is 11.2. The van der Waals surface area contributed by atoms with Crippen molar-refractivity contribution in [3.05, 3.63) is 59.7 Å². The highest BCUT2D eigenvalue weighted by molar-refractivity contribution is 6.84. The topological polar surface area (TPSA) is 130 Å². The summed E-state index contributed by atoms with van der Waals surface area (Å²) in [6.45, 7) is 10.8. The minimum Gasteiger partial charge on any atom is -0.455 e. The second-order valence-corrected chi connectivity index (χ2v) is 17.8. The molecule has 0 unspecified atom stereocenters. The molecular weight excluding hydrogens is 420 g/mol. The molecule has 8 N–H and O–H groups in total. The van der Waals surface area contributed by atoms with Crippen LogP contribution in [0.25, 0.3) is 0 Å². The molecule has 0 aliphatic rings. The van der Waals surface area contributed by atoms with E-state index < -0.39 is 16.6 Å². The smallest absolute Gasteiger partial charge is 0.193 e. The Hall–Kier alpha value is -1.98. The van der Waals surface area contributed by atoms with Gasteiger partial charge in [-0.05, 0) is 113 Å². The third-order valence-corrected chi connectivity index (χ3v) is 12.4. The summed E-state index contributed by atoms with van der Waals surface area (Å²) < 4.78 is 6.40. The van der Waals surface area contributed by atoms with Crippen molar-refractivity contribution < 1.29 is 8.91 Å². The van der Waals surface area contributed by atoms with Crippen LogP contribution in [-0.2, 0) is 4.12 Å². The molecule has 0 aliphatic heterocycles. The molecule has 0 radical (unpaired) electrons. The summed E-state index contributed by atoms with van der Waals surface area (Å²) in [6.07, 6.45) is 2.20. The number of carbonyl (C=O) groups is 1. The van der Waals surface area contributed by atoms with E-state index in [9.17, 15) is 4.79 Å². The molecule has 0 aliphatic carbocycles. The number of carbonyl (C=O) groups excluding carboxylic acids is 1. The van der Waals surface area contributed by atoms with Gasteiger partial charge in [0.15, 0.2) is 22.4 Å². The zero-order valence-electron chi connectivity index (χ0n) is 19.5. The van der Waals surface area contributed by atoms with Gasteiger partial charge < -0.3 is 27.0 Å². The summed E-state index contributed by atoms with van der Waals surface area (Å²) in [6, 6.07) is 16.1. The highest BCUT2D eigenvalue weighted by Gasteiger charge is 2.31. The summed E-state index contributed by atoms with van der Waals surface area (Å²) in [4.78, 5) is 12.0. The SMILES string of the molecule is C[Si](C)(CCCN)O[Si](C)(C)CCCN.Nc1ccc(C(=O)c2ccc(N)cc2)cc1. The van der Waals surface area contributed by atoms with Crippen LogP contribution in [0.5, 0.6) is 0 Å². The van der Waals surface area contributed by atoms with Crippen LogP contribution in [0.1, 0.15) is 28.8 Å². The van der Waals surface area contributed by atoms with E-state index in [0.29, 0.717) is 22.5 Å². The number of rotatable bonds is 10. The van der Waals surface area contributed by atoms with Gasteiger partial charge in [0.2, 0.25) is 0 Å². The zero-order valence-corrected chi connectivity index (χ0v) is 21.5. The third-order valence-electron chi connectivity index (χ3n) is 4.86. The van der Waals surface area contributed by atoms with Crippen LogP contribution in [0.3, 0.4) is 0 Å². The lowest BCUT2D eigenvalue weighted by Crippen LogP contribution is -2.44. The van der Waals surface area contributed by atoms with Crippen molar-refractivity contribution in [3.8, 4) is 0 Å². The molecule has 0 amide bonds. The Balaban J connectivity index is 0.000000311. The maximum atomic E-state index is 12.0. The maximum Gasteiger partial charge on any atom is 0.193 e. The van der Waals surface area contributed by atoms with Gasteiger partial charge in [-0.3, -0.25) is 4.79 Å². The standard InChI is InChI=1S/C13H12N2O.C10H28N2OSi2/c14-11-5-1-9(2-6-11)13(16)10-3-7-12(15)8-4-10;1-14(2,9-5-7-11)13-15(3,4)10-6-8-12/h1-8H,14-15H2;5-12H2,1-4H3. The summed E-state index contributed by atoms with van der Waals surface area (Å²) in [5.41, 5.74) is 24.7. The fourth-order valence-corrected chi connectivity index (χ4v) is 12.3. The van der Waals surface area contributed by atoms with Crippen molar-refractivity contribution in [3.63, 3.8) is 0 Å². The van der Waals surface area contributed by atoms with E-state index in [1.807, 2.05) is 0 Å². The zero-order chi connectivity index (χ0) is 23.5. The van der Waals surface area contributed by atoms with Crippen molar-refractivity contribution >= 4 is 33.8 Å². The Labute approximate surface area is 189 Å². The van der Waals surface area contributed by atoms with E-state index in [2.05, 4.69) is 26.2 Å². The van der Waals surface area contributed by atoms with Gasteiger partial charge in [0.25, 0.3) is 0 Å². The Bertz CT molecular complexity index is 729. The average molecular weight is 461 g/mol. The lowest BCUT2D eigenvalue weighted by atomic mass is 10.0. The fourth-order valence-electron chi connectivity index (χ4n) is 3.34. The van der Waals surface area contributed by atoms with Crippen LogP contribution in [-0.4, -0.2) is 35.5 Å². The summed E-state index contributed by atoms with van der Waals surface area (Å²) in [5.74, 6) is -0.0278. The van der Waals surface area contributed by atoms with Gasteiger partial charge in [-0.1, -0.05) is 0 Å². The van der Waals surface area contributed by atoms with E-state index in [1.54, 1.807) is 48.5 Å². The van der Waals surface area contributed by atoms with Crippen LogP contribution >= 0.6 is 0 Å². The lowest BCUT2D eigenvalue weighted by molar-refractivity contribution is 0.103. The molecule has 2 aromatic carbocycles. The highest BCUT2D eigenvalue weighted by Crippen LogP contribution is 2.23. The predicted molar refractivity (Wildman–Crippen MR) is 138 cm³/mol. The Morgan fingerprint density at radius 2 is 1.03 bits per heavy atom. The van der Waals surface area contributed by atoms with Crippen molar-refractivity contribution in [1.29, 1.82) is 0 Å². The number of hydrogen-bond acceptors (Lipinski definition) is 6. The van der Waals surface area contributed by atoms with Crippen LogP contribution < -0.4 is 22.9 Å². The van der Waals surface area contributed by atoms with Crippen LogP contribution in [0, 0.1) is 0 Å². The molecule has 31 heavy (non-hydrogen) atoms. The van der Waals surface area contributed by atoms with E-state index in [-0.39, 0.29) is 5.78 Å². The van der Waals surface area contributed by atoms with Gasteiger partial charge in [0.1, 0.15) is 0 Å². The van der Waals surface area contributed by atoms with E-state index >= 15 is 0 Å². The number of benzene rings is 2. The number of nitrogen functional groups attached to an aromatic ring is 2. The van der Waals surface area contributed by atoms with Gasteiger partial charge in [-0.25, -0.2) is 0 Å². The minimum absolute atomic E-state index is 0.0278. The van der Waals surface area contributed by atoms with E-state index in [4.69, 9.17) is 27.0 Å². The number of nitrogens with two attached hydrogens (primary N) is 4. The molecule has 0 saturated carbocycles. The molecule has 172 valence electrons. The largest absolute Gasteiger partial charge is 0.455 e. The van der Waals surface area contributed by atoms with Gasteiger partial charge >= 0.3 is 0 Å². The molecule has 6 nitrogen and oxygen atoms in total. The molecule has 8 heteroatoms. The molecule has 0 atom stereocenters. The van der Waals surface area contributed by atoms with Gasteiger partial charge in [-0.15, -0.1) is 0 Å². The van der Waals surface area contributed by atoms with Gasteiger partial charge in [-0.2, -0.15) is 0 Å². The molecule has 0 fully saturated rings. The first kappa shape index (κ1) is 27.1. The highest BCUT2D eigenvalue weighted by atomic mass is 28.4. The Morgan fingerprint density at radius 3 is 1.32 bits per heavy atom. The monoisotopic (exact) mass is 460 g/mol. The van der Waals surface area contributed by atoms with E-state index in [1.165, 1.54) is 12.1 Å². The summed E-state index contributed by atoms with van der Waals surface area (Å²) in [7, 11) is -2.94. The number of anilines is 2. The molecule has 0 aromatic heterocycles. The average Bonchev–Trinajstić information content (AvgIpc) is 2.71. The quantitative estimate of drug-likeness (QED) is 0.239. The molecule has 0 heterocycles. The van der Waals surface area contributed by atoms with Crippen LogP contribution in [0.15, 0.2) is 48.5 Å². The van der Waals surface area contributed by atoms with Crippen LogP contribution in [0.2, 0.25) is 38.3 Å². The third kappa shape index (κ3) is 10.7. The first-order valence-corrected chi connectivity index (χ1v) is 17.1. The summed E-state index contributed by atoms with van der Waals surface area (Å²) >= 11 is 0. The predicted octanol–water partition coefficient (Wildman–Crippen LogP) is 4.19. The van der Waals surface area contributed by atoms with Gasteiger partial charge in [0, 0.05) is 22.5 Å². The van der Waals surface area contributed by atoms with Crippen LogP contribution in [0.4, 0.5) is 11.4 Å². The number of ketones is 1. The Morgan fingerprint density at radius 1 is 0.710 bits per heavy atom. The van der Waals surface area contributed by atoms with Crippen molar-refractivity contribution in [1.82, 2.24) is 0 Å². The van der Waals surface area contributed by atoms with Crippen molar-refractivity contribution in [2.75, 3.05) is 24.6 Å². The minimum atomic E-state index is -1.47. The fraction of sp³-hybridized carbons (Fsp3) is 0.435. The second kappa shape index (κ2) is 12.8. The lowest BCUT2D eigenvalue weighted by Gasteiger charge is -2.34. The normalized spacial score (nSPS) is 11.5. The molecule has 0 bridgehead atoms. The molecule has 2 rings (SSSR count). The summed E-state index contributed by atoms with van der Waals surface area (Å²) in [5, 5.41) is 0. The molecule has 0 saturated heterocycles. The van der Waals surface area contributed by atoms with Gasteiger partial charge in [0.05, 0.1) is 0 Å².